The van der Waals surface area contributed by atoms with Gasteiger partial charge in [-0.25, -0.2) is 4.79 Å². The van der Waals surface area contributed by atoms with Gasteiger partial charge in [-0.3, -0.25) is 9.59 Å². The van der Waals surface area contributed by atoms with E-state index in [1.807, 2.05) is 6.92 Å². The van der Waals surface area contributed by atoms with Crippen molar-refractivity contribution in [1.29, 1.82) is 0 Å². The number of rotatable bonds is 5. The van der Waals surface area contributed by atoms with Gasteiger partial charge in [-0.2, -0.15) is 0 Å². The molecule has 2 rings (SSSR count). The molecule has 2 atom stereocenters. The molecular weight excluding hydrogens is 288 g/mol. The number of fused-ring (bicyclic) bond motifs is 1. The average Bonchev–Trinajstić information content (AvgIpc) is 2.47. The van der Waals surface area contributed by atoms with Crippen molar-refractivity contribution in [3.63, 3.8) is 0 Å². The minimum Gasteiger partial charge on any atom is -0.480 e. The Morgan fingerprint density at radius 3 is 2.82 bits per heavy atom. The van der Waals surface area contributed by atoms with Crippen molar-refractivity contribution < 1.29 is 24.2 Å². The maximum Gasteiger partial charge on any atom is 0.326 e. The van der Waals surface area contributed by atoms with E-state index in [-0.39, 0.29) is 17.2 Å². The zero-order valence-corrected chi connectivity index (χ0v) is 12.4. The van der Waals surface area contributed by atoms with Crippen LogP contribution in [0.25, 0.3) is 0 Å². The standard InChI is InChI=1S/C15H18N2O5/c1-3-5-11(15(20)21)17-14(19)9-6-4-7-10-12(9)22-8(2)13(18)16-10/h4,6-8,11H,3,5H2,1-2H3,(H,16,18)(H,17,19)(H,20,21). The molecule has 0 radical (unpaired) electrons. The lowest BCUT2D eigenvalue weighted by Gasteiger charge is -2.25. The Morgan fingerprint density at radius 2 is 2.18 bits per heavy atom. The molecule has 7 heteroatoms. The Balaban J connectivity index is 2.26. The van der Waals surface area contributed by atoms with Crippen LogP contribution in [0.15, 0.2) is 18.2 Å². The van der Waals surface area contributed by atoms with Gasteiger partial charge >= 0.3 is 5.97 Å². The summed E-state index contributed by atoms with van der Waals surface area (Å²) < 4.78 is 5.48. The lowest BCUT2D eigenvalue weighted by molar-refractivity contribution is -0.139. The molecule has 1 aromatic rings. The number of nitrogens with one attached hydrogen (secondary N) is 2. The molecule has 7 nitrogen and oxygen atoms in total. The number of aliphatic carboxylic acids is 1. The Morgan fingerprint density at radius 1 is 1.45 bits per heavy atom. The van der Waals surface area contributed by atoms with Crippen LogP contribution in [0, 0.1) is 0 Å². The number of ether oxygens (including phenoxy) is 1. The SMILES string of the molecule is CCCC(NC(=O)c1cccc2c1OC(C)C(=O)N2)C(=O)O. The van der Waals surface area contributed by atoms with E-state index in [0.29, 0.717) is 18.5 Å². The summed E-state index contributed by atoms with van der Waals surface area (Å²) in [5.74, 6) is -1.66. The highest BCUT2D eigenvalue weighted by atomic mass is 16.5. The van der Waals surface area contributed by atoms with Crippen LogP contribution in [0.2, 0.25) is 0 Å². The van der Waals surface area contributed by atoms with Gasteiger partial charge in [0.05, 0.1) is 11.3 Å². The van der Waals surface area contributed by atoms with Gasteiger partial charge in [0.25, 0.3) is 11.8 Å². The van der Waals surface area contributed by atoms with Gasteiger partial charge in [-0.15, -0.1) is 0 Å². The lowest BCUT2D eigenvalue weighted by Crippen LogP contribution is -2.41. The van der Waals surface area contributed by atoms with Crippen LogP contribution in [-0.4, -0.2) is 35.0 Å². The van der Waals surface area contributed by atoms with E-state index < -0.39 is 24.0 Å². The largest absolute Gasteiger partial charge is 0.480 e. The number of carboxylic acids is 1. The summed E-state index contributed by atoms with van der Waals surface area (Å²) in [7, 11) is 0. The normalized spacial score (nSPS) is 17.7. The van der Waals surface area contributed by atoms with Gasteiger partial charge in [-0.05, 0) is 25.5 Å². The number of amides is 2. The molecule has 0 saturated heterocycles. The summed E-state index contributed by atoms with van der Waals surface area (Å²) in [6.07, 6.45) is 0.255. The van der Waals surface area contributed by atoms with Crippen LogP contribution < -0.4 is 15.4 Å². The first-order valence-electron chi connectivity index (χ1n) is 7.08. The number of carbonyl (C=O) groups is 3. The summed E-state index contributed by atoms with van der Waals surface area (Å²) in [4.78, 5) is 35.0. The highest BCUT2D eigenvalue weighted by molar-refractivity contribution is 6.04. The molecule has 2 amide bonds. The van der Waals surface area contributed by atoms with Crippen molar-refractivity contribution in [2.75, 3.05) is 5.32 Å². The summed E-state index contributed by atoms with van der Waals surface area (Å²) >= 11 is 0. The van der Waals surface area contributed by atoms with Gasteiger partial charge in [0.2, 0.25) is 0 Å². The smallest absolute Gasteiger partial charge is 0.326 e. The first-order valence-corrected chi connectivity index (χ1v) is 7.08. The summed E-state index contributed by atoms with van der Waals surface area (Å²) in [6.45, 7) is 3.41. The molecule has 118 valence electrons. The second-order valence-electron chi connectivity index (χ2n) is 5.08. The lowest BCUT2D eigenvalue weighted by atomic mass is 10.1. The Bertz CT molecular complexity index is 614. The predicted molar refractivity (Wildman–Crippen MR) is 79.0 cm³/mol. The quantitative estimate of drug-likeness (QED) is 0.762. The van der Waals surface area contributed by atoms with Gasteiger partial charge < -0.3 is 20.5 Å². The van der Waals surface area contributed by atoms with Crippen molar-refractivity contribution in [2.45, 2.75) is 38.8 Å². The molecule has 1 heterocycles. The molecule has 1 aromatic carbocycles. The van der Waals surface area contributed by atoms with Gasteiger partial charge in [0.15, 0.2) is 11.9 Å². The zero-order chi connectivity index (χ0) is 16.3. The Labute approximate surface area is 127 Å². The molecule has 1 aliphatic rings. The van der Waals surface area contributed by atoms with Crippen molar-refractivity contribution >= 4 is 23.5 Å². The molecule has 22 heavy (non-hydrogen) atoms. The van der Waals surface area contributed by atoms with Gasteiger partial charge in [-0.1, -0.05) is 19.4 Å². The fourth-order valence-electron chi connectivity index (χ4n) is 2.19. The third kappa shape index (κ3) is 3.19. The minimum atomic E-state index is -1.08. The molecule has 0 aromatic heterocycles. The predicted octanol–water partition coefficient (Wildman–Crippen LogP) is 1.39. The Kier molecular flexibility index (Phi) is 4.65. The van der Waals surface area contributed by atoms with E-state index in [1.165, 1.54) is 6.07 Å². The van der Waals surface area contributed by atoms with E-state index in [2.05, 4.69) is 10.6 Å². The number of benzene rings is 1. The van der Waals surface area contributed by atoms with Crippen LogP contribution in [-0.2, 0) is 9.59 Å². The molecule has 2 unspecified atom stereocenters. The van der Waals surface area contributed by atoms with Crippen LogP contribution in [0.1, 0.15) is 37.0 Å². The number of hydrogen-bond donors (Lipinski definition) is 3. The molecule has 3 N–H and O–H groups in total. The number of hydrogen-bond acceptors (Lipinski definition) is 4. The molecule has 0 spiro atoms. The highest BCUT2D eigenvalue weighted by Gasteiger charge is 2.29. The van der Waals surface area contributed by atoms with Crippen molar-refractivity contribution in [3.8, 4) is 5.75 Å². The van der Waals surface area contributed by atoms with E-state index in [9.17, 15) is 14.4 Å². The second-order valence-corrected chi connectivity index (χ2v) is 5.08. The number of para-hydroxylation sites is 1. The monoisotopic (exact) mass is 306 g/mol. The number of carboxylic acid groups (broad SMARTS) is 1. The first-order chi connectivity index (χ1) is 10.4. The molecule has 0 saturated carbocycles. The van der Waals surface area contributed by atoms with Crippen LogP contribution in [0.4, 0.5) is 5.69 Å². The first kappa shape index (κ1) is 15.8. The average molecular weight is 306 g/mol. The van der Waals surface area contributed by atoms with Crippen LogP contribution in [0.3, 0.4) is 0 Å². The van der Waals surface area contributed by atoms with E-state index in [4.69, 9.17) is 9.84 Å². The molecular formula is C15H18N2O5. The number of anilines is 1. The van der Waals surface area contributed by atoms with Crippen LogP contribution >= 0.6 is 0 Å². The van der Waals surface area contributed by atoms with Gasteiger partial charge in [0.1, 0.15) is 6.04 Å². The fraction of sp³-hybridized carbons (Fsp3) is 0.400. The highest BCUT2D eigenvalue weighted by Crippen LogP contribution is 2.33. The third-order valence-electron chi connectivity index (χ3n) is 3.36. The maximum atomic E-state index is 12.3. The van der Waals surface area contributed by atoms with E-state index in [0.717, 1.165) is 0 Å². The molecule has 1 aliphatic heterocycles. The Hall–Kier alpha value is -2.57. The van der Waals surface area contributed by atoms with Crippen molar-refractivity contribution in [2.24, 2.45) is 0 Å². The zero-order valence-electron chi connectivity index (χ0n) is 12.4. The minimum absolute atomic E-state index is 0.201. The summed E-state index contributed by atoms with van der Waals surface area (Å²) in [6, 6.07) is 3.80. The van der Waals surface area contributed by atoms with E-state index >= 15 is 0 Å². The third-order valence-corrected chi connectivity index (χ3v) is 3.36. The van der Waals surface area contributed by atoms with Gasteiger partial charge in [0, 0.05) is 0 Å². The number of carbonyl (C=O) groups excluding carboxylic acids is 2. The fourth-order valence-corrected chi connectivity index (χ4v) is 2.19. The topological polar surface area (TPSA) is 105 Å². The molecule has 0 fully saturated rings. The van der Waals surface area contributed by atoms with E-state index in [1.54, 1.807) is 19.1 Å². The summed E-state index contributed by atoms with van der Waals surface area (Å²) in [5.41, 5.74) is 0.602. The molecule has 0 aliphatic carbocycles. The van der Waals surface area contributed by atoms with Crippen LogP contribution in [0.5, 0.6) is 5.75 Å². The molecule has 0 bridgehead atoms. The van der Waals surface area contributed by atoms with Crippen molar-refractivity contribution in [3.05, 3.63) is 23.8 Å². The maximum absolute atomic E-state index is 12.3. The summed E-state index contributed by atoms with van der Waals surface area (Å²) in [5, 5.41) is 14.2. The second kappa shape index (κ2) is 6.46. The van der Waals surface area contributed by atoms with Crippen molar-refractivity contribution in [1.82, 2.24) is 5.32 Å².